The highest BCUT2D eigenvalue weighted by molar-refractivity contribution is 6.41. The molecule has 4 atom stereocenters. The van der Waals surface area contributed by atoms with Crippen LogP contribution >= 0.6 is 0 Å². The van der Waals surface area contributed by atoms with Crippen LogP contribution in [-0.2, 0) is 9.63 Å². The fourth-order valence-electron chi connectivity index (χ4n) is 8.09. The molecule has 4 unspecified atom stereocenters. The molecule has 8 nitrogen and oxygen atoms in total. The molecular formula is C29H38N4O4. The minimum absolute atomic E-state index is 0.0147. The molecule has 3 heterocycles. The van der Waals surface area contributed by atoms with E-state index >= 15 is 0 Å². The lowest BCUT2D eigenvalue weighted by Crippen LogP contribution is -2.52. The van der Waals surface area contributed by atoms with Gasteiger partial charge in [0.05, 0.1) is 11.0 Å². The average Bonchev–Trinajstić information content (AvgIpc) is 3.04. The molecule has 6 rings (SSSR count). The van der Waals surface area contributed by atoms with Crippen LogP contribution in [0.1, 0.15) is 89.3 Å². The second-order valence-corrected chi connectivity index (χ2v) is 11.6. The van der Waals surface area contributed by atoms with Crippen LogP contribution in [0.2, 0.25) is 0 Å². The third-order valence-electron chi connectivity index (χ3n) is 9.41. The number of para-hydroxylation sites is 2. The van der Waals surface area contributed by atoms with E-state index in [0.29, 0.717) is 23.6 Å². The van der Waals surface area contributed by atoms with E-state index in [-0.39, 0.29) is 23.9 Å². The van der Waals surface area contributed by atoms with Gasteiger partial charge in [-0.05, 0) is 75.8 Å². The van der Waals surface area contributed by atoms with E-state index in [4.69, 9.17) is 4.84 Å². The van der Waals surface area contributed by atoms with E-state index < -0.39 is 11.7 Å². The summed E-state index contributed by atoms with van der Waals surface area (Å²) in [6, 6.07) is 9.19. The summed E-state index contributed by atoms with van der Waals surface area (Å²) in [5.41, 5.74) is 0.399. The van der Waals surface area contributed by atoms with Crippen LogP contribution < -0.4 is 5.56 Å². The number of fused-ring (bicyclic) bond motifs is 5. The fraction of sp³-hybridized carbons (Fsp3) is 0.655. The number of benzene rings is 1. The number of hydrogen-bond donors (Lipinski definition) is 1. The molecule has 0 spiro atoms. The smallest absolute Gasteiger partial charge is 0.360 e. The largest absolute Gasteiger partial charge is 0.476 e. The molecule has 4 bridgehead atoms. The maximum atomic E-state index is 13.9. The summed E-state index contributed by atoms with van der Waals surface area (Å²) in [5.74, 6) is 0.460. The van der Waals surface area contributed by atoms with E-state index in [1.54, 1.807) is 6.92 Å². The van der Waals surface area contributed by atoms with E-state index in [2.05, 4.69) is 15.0 Å². The van der Waals surface area contributed by atoms with Crippen molar-refractivity contribution in [3.8, 4) is 0 Å². The Morgan fingerprint density at radius 1 is 0.973 bits per heavy atom. The number of oxime groups is 1. The number of aliphatic carboxylic acids is 1. The average molecular weight is 507 g/mol. The van der Waals surface area contributed by atoms with Crippen molar-refractivity contribution in [1.29, 1.82) is 0 Å². The number of rotatable bonds is 6. The lowest BCUT2D eigenvalue weighted by Gasteiger charge is -2.48. The summed E-state index contributed by atoms with van der Waals surface area (Å²) >= 11 is 0. The number of carboxylic acids is 1. The van der Waals surface area contributed by atoms with Gasteiger partial charge in [0.25, 0.3) is 5.56 Å². The Labute approximate surface area is 217 Å². The highest BCUT2D eigenvalue weighted by atomic mass is 16.6. The summed E-state index contributed by atoms with van der Waals surface area (Å²) in [4.78, 5) is 38.2. The van der Waals surface area contributed by atoms with E-state index in [9.17, 15) is 14.7 Å². The first kappa shape index (κ1) is 24.6. The molecule has 2 aliphatic heterocycles. The van der Waals surface area contributed by atoms with E-state index in [1.807, 2.05) is 28.8 Å². The Bertz CT molecular complexity index is 1230. The number of nitrogens with zero attached hydrogens (tertiary/aromatic N) is 4. The Kier molecular flexibility index (Phi) is 6.78. The standard InChI is InChI=1S/C29H38N4O4/c1-2-37-31-27(29(35)36)26-28(34)33(25-10-6-5-9-24(25)30-26)23-16-20-11-12-21(17-23)32(20)22-14-18-7-3-4-8-19(13-18)15-22/h5-6,9-10,18-23H,2-4,7-8,11-17H2,1H3,(H,35,36)/b31-27-. The zero-order chi connectivity index (χ0) is 25.5. The summed E-state index contributed by atoms with van der Waals surface area (Å²) in [6.45, 7) is 1.93. The number of carboxylic acid groups (broad SMARTS) is 1. The number of hydrogen-bond acceptors (Lipinski definition) is 6. The van der Waals surface area contributed by atoms with Crippen LogP contribution in [0.5, 0.6) is 0 Å². The number of aromatic nitrogens is 2. The molecule has 0 radical (unpaired) electrons. The van der Waals surface area contributed by atoms with E-state index in [1.165, 1.54) is 57.8 Å². The van der Waals surface area contributed by atoms with Crippen molar-refractivity contribution >= 4 is 22.7 Å². The van der Waals surface area contributed by atoms with Gasteiger partial charge in [0.15, 0.2) is 5.69 Å². The molecule has 1 aromatic heterocycles. The molecule has 2 aliphatic carbocycles. The maximum Gasteiger partial charge on any atom is 0.360 e. The molecule has 37 heavy (non-hydrogen) atoms. The predicted octanol–water partition coefficient (Wildman–Crippen LogP) is 4.75. The molecular weight excluding hydrogens is 468 g/mol. The number of carbonyl (C=O) groups is 1. The Hall–Kier alpha value is -2.74. The zero-order valence-electron chi connectivity index (χ0n) is 21.7. The first-order chi connectivity index (χ1) is 18.0. The Morgan fingerprint density at radius 3 is 2.30 bits per heavy atom. The van der Waals surface area contributed by atoms with E-state index in [0.717, 1.165) is 30.2 Å². The fourth-order valence-corrected chi connectivity index (χ4v) is 8.09. The molecule has 1 aromatic carbocycles. The third kappa shape index (κ3) is 4.58. The van der Waals surface area contributed by atoms with Gasteiger partial charge in [-0.25, -0.2) is 9.78 Å². The van der Waals surface area contributed by atoms with Gasteiger partial charge in [-0.15, -0.1) is 0 Å². The lowest BCUT2D eigenvalue weighted by atomic mass is 9.76. The predicted molar refractivity (Wildman–Crippen MR) is 142 cm³/mol. The van der Waals surface area contributed by atoms with Crippen molar-refractivity contribution in [3.63, 3.8) is 0 Å². The second-order valence-electron chi connectivity index (χ2n) is 11.6. The minimum atomic E-state index is -1.31. The zero-order valence-corrected chi connectivity index (χ0v) is 21.7. The summed E-state index contributed by atoms with van der Waals surface area (Å²) in [7, 11) is 0. The van der Waals surface area contributed by atoms with Gasteiger partial charge >= 0.3 is 5.97 Å². The van der Waals surface area contributed by atoms with Crippen LogP contribution in [0.15, 0.2) is 34.2 Å². The van der Waals surface area contributed by atoms with Crippen LogP contribution in [0.25, 0.3) is 11.0 Å². The normalized spacial score (nSPS) is 32.3. The van der Waals surface area contributed by atoms with Crippen LogP contribution in [0.4, 0.5) is 0 Å². The molecule has 2 saturated heterocycles. The topological polar surface area (TPSA) is 97.0 Å². The van der Waals surface area contributed by atoms with Crippen molar-refractivity contribution in [2.45, 2.75) is 102 Å². The maximum absolute atomic E-state index is 13.9. The van der Waals surface area contributed by atoms with Gasteiger partial charge in [0.2, 0.25) is 5.71 Å². The second kappa shape index (κ2) is 10.2. The monoisotopic (exact) mass is 506 g/mol. The molecule has 2 saturated carbocycles. The van der Waals surface area contributed by atoms with Crippen molar-refractivity contribution < 1.29 is 14.7 Å². The van der Waals surface area contributed by atoms with Gasteiger partial charge < -0.3 is 14.5 Å². The van der Waals surface area contributed by atoms with Crippen LogP contribution in [-0.4, -0.2) is 56.0 Å². The molecule has 0 amide bonds. The van der Waals surface area contributed by atoms with Crippen molar-refractivity contribution in [3.05, 3.63) is 40.3 Å². The van der Waals surface area contributed by atoms with Crippen LogP contribution in [0.3, 0.4) is 0 Å². The van der Waals surface area contributed by atoms with Gasteiger partial charge in [-0.2, -0.15) is 0 Å². The van der Waals surface area contributed by atoms with Gasteiger partial charge in [-0.1, -0.05) is 43.0 Å². The third-order valence-corrected chi connectivity index (χ3v) is 9.41. The first-order valence-corrected chi connectivity index (χ1v) is 14.3. The molecule has 198 valence electrons. The minimum Gasteiger partial charge on any atom is -0.476 e. The summed E-state index contributed by atoms with van der Waals surface area (Å²) in [5, 5.41) is 13.6. The molecule has 2 aromatic rings. The summed E-state index contributed by atoms with van der Waals surface area (Å²) in [6.07, 6.45) is 13.9. The van der Waals surface area contributed by atoms with Gasteiger partial charge in [0.1, 0.15) is 6.61 Å². The first-order valence-electron chi connectivity index (χ1n) is 14.3. The van der Waals surface area contributed by atoms with Crippen molar-refractivity contribution in [2.24, 2.45) is 17.0 Å². The van der Waals surface area contributed by atoms with Gasteiger partial charge in [-0.3, -0.25) is 9.69 Å². The molecule has 4 fully saturated rings. The van der Waals surface area contributed by atoms with Crippen molar-refractivity contribution in [1.82, 2.24) is 14.5 Å². The lowest BCUT2D eigenvalue weighted by molar-refractivity contribution is -0.129. The molecule has 8 heteroatoms. The van der Waals surface area contributed by atoms with Gasteiger partial charge in [0, 0.05) is 24.2 Å². The quantitative estimate of drug-likeness (QED) is 0.449. The SMILES string of the molecule is CCO/N=C(\C(=O)O)c1nc2ccccc2n(C2CC3CCC(C2)N3C2CC3CCCCC(C3)C2)c1=O. The summed E-state index contributed by atoms with van der Waals surface area (Å²) < 4.78 is 1.82. The molecule has 4 aliphatic rings. The highest BCUT2D eigenvalue weighted by Gasteiger charge is 2.47. The van der Waals surface area contributed by atoms with Crippen molar-refractivity contribution in [2.75, 3.05) is 6.61 Å². The number of piperidine rings is 1. The van der Waals surface area contributed by atoms with Crippen LogP contribution in [0, 0.1) is 11.8 Å². The highest BCUT2D eigenvalue weighted by Crippen LogP contribution is 2.47. The Morgan fingerprint density at radius 2 is 1.65 bits per heavy atom. The Balaban J connectivity index is 1.34. The molecule has 1 N–H and O–H groups in total.